The van der Waals surface area contributed by atoms with Crippen molar-refractivity contribution < 1.29 is 9.53 Å². The molecular formula is C24H36O2Si. The van der Waals surface area contributed by atoms with E-state index in [9.17, 15) is 5.11 Å². The molecule has 27 heavy (non-hydrogen) atoms. The van der Waals surface area contributed by atoms with E-state index in [4.69, 9.17) is 4.43 Å². The summed E-state index contributed by atoms with van der Waals surface area (Å²) in [7, 11) is -2.38. The summed E-state index contributed by atoms with van der Waals surface area (Å²) in [5.74, 6) is 0. The smallest absolute Gasteiger partial charge is 0.261 e. The van der Waals surface area contributed by atoms with Gasteiger partial charge in [0.25, 0.3) is 8.32 Å². The maximum absolute atomic E-state index is 9.38. The number of aliphatic hydroxyl groups excluding tert-OH is 1. The topological polar surface area (TPSA) is 29.5 Å². The van der Waals surface area contributed by atoms with Gasteiger partial charge in [0.2, 0.25) is 0 Å². The van der Waals surface area contributed by atoms with Gasteiger partial charge in [-0.2, -0.15) is 0 Å². The predicted molar refractivity (Wildman–Crippen MR) is 118 cm³/mol. The number of rotatable bonds is 10. The van der Waals surface area contributed by atoms with E-state index in [1.165, 1.54) is 10.4 Å². The molecule has 0 heterocycles. The van der Waals surface area contributed by atoms with Crippen LogP contribution in [0.3, 0.4) is 0 Å². The van der Waals surface area contributed by atoms with Crippen LogP contribution in [0.5, 0.6) is 0 Å². The molecule has 2 aromatic rings. The monoisotopic (exact) mass is 384 g/mol. The maximum atomic E-state index is 9.38. The first-order valence-corrected chi connectivity index (χ1v) is 12.2. The summed E-state index contributed by atoms with van der Waals surface area (Å²) in [4.78, 5) is 0. The molecule has 0 amide bonds. The molecule has 3 heteroatoms. The minimum atomic E-state index is -2.38. The molecule has 2 rings (SSSR count). The Morgan fingerprint density at radius 1 is 0.815 bits per heavy atom. The normalized spacial score (nSPS) is 13.5. The van der Waals surface area contributed by atoms with Crippen molar-refractivity contribution in [2.75, 3.05) is 6.61 Å². The molecule has 0 spiro atoms. The van der Waals surface area contributed by atoms with E-state index in [2.05, 4.69) is 81.4 Å². The van der Waals surface area contributed by atoms with E-state index in [-0.39, 0.29) is 11.1 Å². The molecule has 0 aliphatic carbocycles. The van der Waals surface area contributed by atoms with Crippen LogP contribution < -0.4 is 10.4 Å². The largest absolute Gasteiger partial charge is 0.407 e. The van der Waals surface area contributed by atoms with Crippen molar-refractivity contribution in [3.8, 4) is 0 Å². The first-order chi connectivity index (χ1) is 12.9. The Morgan fingerprint density at radius 2 is 1.30 bits per heavy atom. The number of aliphatic hydroxyl groups is 1. The average Bonchev–Trinajstić information content (AvgIpc) is 2.64. The van der Waals surface area contributed by atoms with E-state index in [1.807, 2.05) is 6.92 Å². The molecule has 1 N–H and O–H groups in total. The molecule has 0 fully saturated rings. The summed E-state index contributed by atoms with van der Waals surface area (Å²) in [5, 5.41) is 12.1. The van der Waals surface area contributed by atoms with E-state index in [0.717, 1.165) is 38.7 Å². The summed E-state index contributed by atoms with van der Waals surface area (Å²) < 4.78 is 6.88. The quantitative estimate of drug-likeness (QED) is 0.466. The molecule has 0 aliphatic heterocycles. The third-order valence-corrected chi connectivity index (χ3v) is 10.3. The van der Waals surface area contributed by atoms with Crippen LogP contribution in [0.1, 0.15) is 59.8 Å². The maximum Gasteiger partial charge on any atom is 0.261 e. The van der Waals surface area contributed by atoms with Crippen LogP contribution >= 0.6 is 0 Å². The van der Waals surface area contributed by atoms with Gasteiger partial charge in [-0.3, -0.25) is 0 Å². The van der Waals surface area contributed by atoms with Crippen molar-refractivity contribution in [3.05, 3.63) is 60.7 Å². The fraction of sp³-hybridized carbons (Fsp3) is 0.500. The zero-order valence-electron chi connectivity index (χ0n) is 17.4. The van der Waals surface area contributed by atoms with Crippen LogP contribution in [0.15, 0.2) is 60.7 Å². The Morgan fingerprint density at radius 3 is 1.74 bits per heavy atom. The highest BCUT2D eigenvalue weighted by Gasteiger charge is 2.49. The summed E-state index contributed by atoms with van der Waals surface area (Å²) in [6, 6.07) is 21.7. The molecule has 0 saturated carbocycles. The van der Waals surface area contributed by atoms with Crippen molar-refractivity contribution in [3.63, 3.8) is 0 Å². The summed E-state index contributed by atoms with van der Waals surface area (Å²) in [5.41, 5.74) is 0. The van der Waals surface area contributed by atoms with Crippen molar-refractivity contribution in [1.82, 2.24) is 0 Å². The minimum Gasteiger partial charge on any atom is -0.407 e. The molecule has 0 radical (unpaired) electrons. The van der Waals surface area contributed by atoms with Gasteiger partial charge >= 0.3 is 0 Å². The third kappa shape index (κ3) is 5.77. The lowest BCUT2D eigenvalue weighted by atomic mass is 10.1. The first kappa shape index (κ1) is 21.9. The second-order valence-corrected chi connectivity index (χ2v) is 12.9. The SMILES string of the molecule is C[C@@H](O)CCCCCCO[Si](c1ccccc1)(c1ccccc1)C(C)(C)C. The lowest BCUT2D eigenvalue weighted by Gasteiger charge is -2.43. The van der Waals surface area contributed by atoms with Gasteiger partial charge in [-0.25, -0.2) is 0 Å². The average molecular weight is 385 g/mol. The molecule has 0 unspecified atom stereocenters. The first-order valence-electron chi connectivity index (χ1n) is 10.3. The van der Waals surface area contributed by atoms with Gasteiger partial charge in [-0.1, -0.05) is 101 Å². The van der Waals surface area contributed by atoms with Gasteiger partial charge in [-0.15, -0.1) is 0 Å². The van der Waals surface area contributed by atoms with Crippen LogP contribution in [-0.4, -0.2) is 26.1 Å². The summed E-state index contributed by atoms with van der Waals surface area (Å²) in [6.07, 6.45) is 5.20. The van der Waals surface area contributed by atoms with Crippen LogP contribution in [0.2, 0.25) is 5.04 Å². The van der Waals surface area contributed by atoms with Gasteiger partial charge < -0.3 is 9.53 Å². The third-order valence-electron chi connectivity index (χ3n) is 5.25. The number of hydrogen-bond acceptors (Lipinski definition) is 2. The fourth-order valence-electron chi connectivity index (χ4n) is 3.88. The Hall–Kier alpha value is -1.42. The zero-order chi connectivity index (χ0) is 19.8. The van der Waals surface area contributed by atoms with Crippen molar-refractivity contribution >= 4 is 18.7 Å². The molecule has 0 saturated heterocycles. The molecule has 1 atom stereocenters. The molecule has 2 aromatic carbocycles. The van der Waals surface area contributed by atoms with Gasteiger partial charge in [0, 0.05) is 6.61 Å². The minimum absolute atomic E-state index is 0.0437. The fourth-order valence-corrected chi connectivity index (χ4v) is 8.49. The van der Waals surface area contributed by atoms with E-state index >= 15 is 0 Å². The van der Waals surface area contributed by atoms with Crippen LogP contribution in [0, 0.1) is 0 Å². The highest BCUT2D eigenvalue weighted by molar-refractivity contribution is 6.99. The Labute approximate surface area is 166 Å². The lowest BCUT2D eigenvalue weighted by molar-refractivity contribution is 0.180. The Balaban J connectivity index is 2.18. The second kappa shape index (κ2) is 10.2. The zero-order valence-corrected chi connectivity index (χ0v) is 18.4. The van der Waals surface area contributed by atoms with E-state index in [1.54, 1.807) is 0 Å². The van der Waals surface area contributed by atoms with Crippen LogP contribution in [-0.2, 0) is 4.43 Å². The predicted octanol–water partition coefficient (Wildman–Crippen LogP) is 4.89. The highest BCUT2D eigenvalue weighted by Crippen LogP contribution is 2.36. The summed E-state index contributed by atoms with van der Waals surface area (Å²) in [6.45, 7) is 9.62. The van der Waals surface area contributed by atoms with Gasteiger partial charge in [0.1, 0.15) is 0 Å². The van der Waals surface area contributed by atoms with E-state index in [0.29, 0.717) is 0 Å². The molecule has 148 valence electrons. The van der Waals surface area contributed by atoms with Crippen molar-refractivity contribution in [1.29, 1.82) is 0 Å². The molecular weight excluding hydrogens is 348 g/mol. The number of benzene rings is 2. The molecule has 0 aromatic heterocycles. The molecule has 2 nitrogen and oxygen atoms in total. The van der Waals surface area contributed by atoms with Crippen LogP contribution in [0.25, 0.3) is 0 Å². The number of unbranched alkanes of at least 4 members (excludes halogenated alkanes) is 3. The Bertz CT molecular complexity index is 608. The lowest BCUT2D eigenvalue weighted by Crippen LogP contribution is -2.66. The van der Waals surface area contributed by atoms with Gasteiger partial charge in [0.05, 0.1) is 6.10 Å². The van der Waals surface area contributed by atoms with Crippen molar-refractivity contribution in [2.45, 2.75) is 70.9 Å². The van der Waals surface area contributed by atoms with Gasteiger partial charge in [-0.05, 0) is 35.2 Å². The molecule has 0 aliphatic rings. The van der Waals surface area contributed by atoms with Gasteiger partial charge in [0.15, 0.2) is 0 Å². The Kier molecular flexibility index (Phi) is 8.27. The number of hydrogen-bond donors (Lipinski definition) is 1. The summed E-state index contributed by atoms with van der Waals surface area (Å²) >= 11 is 0. The van der Waals surface area contributed by atoms with E-state index < -0.39 is 8.32 Å². The standard InChI is InChI=1S/C24H36O2Si/c1-21(25)15-9-5-6-14-20-26-27(24(2,3)4,22-16-10-7-11-17-22)23-18-12-8-13-19-23/h7-8,10-13,16-19,21,25H,5-6,9,14-15,20H2,1-4H3/t21-/m1/s1. The van der Waals surface area contributed by atoms with Crippen LogP contribution in [0.4, 0.5) is 0 Å². The molecule has 0 bridgehead atoms. The van der Waals surface area contributed by atoms with Crippen molar-refractivity contribution in [2.24, 2.45) is 0 Å². The second-order valence-electron chi connectivity index (χ2n) is 8.56. The highest BCUT2D eigenvalue weighted by atomic mass is 28.4.